The number of fused-ring (bicyclic) bond motifs is 1. The second kappa shape index (κ2) is 9.66. The van der Waals surface area contributed by atoms with E-state index in [1.54, 1.807) is 11.3 Å². The van der Waals surface area contributed by atoms with Crippen LogP contribution < -0.4 is 9.47 Å². The van der Waals surface area contributed by atoms with Crippen LogP contribution in [-0.2, 0) is 4.79 Å². The van der Waals surface area contributed by atoms with Crippen LogP contribution in [0.15, 0.2) is 42.5 Å². The number of piperidine rings is 1. The molecular formula is C24H28N2O4S. The number of carboxylic acid groups (broad SMARTS) is 1. The summed E-state index contributed by atoms with van der Waals surface area (Å²) >= 11 is 1.69. The summed E-state index contributed by atoms with van der Waals surface area (Å²) in [7, 11) is 0. The number of carboxylic acids is 1. The van der Waals surface area contributed by atoms with Gasteiger partial charge in [-0.05, 0) is 69.6 Å². The average molecular weight is 441 g/mol. The van der Waals surface area contributed by atoms with Crippen molar-refractivity contribution in [3.63, 3.8) is 0 Å². The quantitative estimate of drug-likeness (QED) is 0.533. The molecule has 1 saturated heterocycles. The largest absolute Gasteiger partial charge is 0.490 e. The number of aromatic nitrogens is 1. The Labute approximate surface area is 186 Å². The first-order chi connectivity index (χ1) is 15.1. The Hall–Kier alpha value is -2.64. The van der Waals surface area contributed by atoms with Crippen LogP contribution in [0, 0.1) is 5.92 Å². The highest BCUT2D eigenvalue weighted by molar-refractivity contribution is 7.18. The number of nitrogens with zero attached hydrogens (tertiary/aromatic N) is 2. The molecule has 1 atom stereocenters. The Morgan fingerprint density at radius 1 is 1.13 bits per heavy atom. The number of carbonyl (C=O) groups is 1. The predicted molar refractivity (Wildman–Crippen MR) is 122 cm³/mol. The van der Waals surface area contributed by atoms with Crippen LogP contribution in [0.1, 0.15) is 43.3 Å². The molecule has 6 nitrogen and oxygen atoms in total. The molecule has 0 radical (unpaired) electrons. The fourth-order valence-electron chi connectivity index (χ4n) is 4.16. The van der Waals surface area contributed by atoms with Gasteiger partial charge in [0.1, 0.15) is 5.01 Å². The molecule has 4 rings (SSSR count). The van der Waals surface area contributed by atoms with E-state index in [1.165, 1.54) is 0 Å². The summed E-state index contributed by atoms with van der Waals surface area (Å²) in [6.45, 7) is 6.48. The summed E-state index contributed by atoms with van der Waals surface area (Å²) in [5, 5.41) is 10.4. The highest BCUT2D eigenvalue weighted by Crippen LogP contribution is 2.39. The van der Waals surface area contributed by atoms with Gasteiger partial charge in [0, 0.05) is 0 Å². The lowest BCUT2D eigenvalue weighted by atomic mass is 9.94. The van der Waals surface area contributed by atoms with Crippen molar-refractivity contribution in [1.29, 1.82) is 0 Å². The lowest BCUT2D eigenvalue weighted by Gasteiger charge is -2.36. The van der Waals surface area contributed by atoms with E-state index in [0.29, 0.717) is 26.1 Å². The van der Waals surface area contributed by atoms with Crippen molar-refractivity contribution in [2.75, 3.05) is 26.3 Å². The third kappa shape index (κ3) is 4.67. The molecule has 31 heavy (non-hydrogen) atoms. The number of hydrogen-bond acceptors (Lipinski definition) is 6. The van der Waals surface area contributed by atoms with E-state index in [-0.39, 0.29) is 12.0 Å². The fourth-order valence-corrected chi connectivity index (χ4v) is 5.29. The molecule has 1 aromatic heterocycles. The van der Waals surface area contributed by atoms with Gasteiger partial charge >= 0.3 is 5.97 Å². The highest BCUT2D eigenvalue weighted by Gasteiger charge is 2.32. The van der Waals surface area contributed by atoms with Gasteiger partial charge in [0.15, 0.2) is 11.5 Å². The minimum atomic E-state index is -0.698. The monoisotopic (exact) mass is 440 g/mol. The van der Waals surface area contributed by atoms with Gasteiger partial charge in [0.25, 0.3) is 0 Å². The SMILES string of the molecule is CCOc1ccc(C(c2nc3ccccc3s2)N2CCC(C(=O)O)CC2)cc1OCC. The molecule has 1 aliphatic rings. The maximum atomic E-state index is 11.4. The molecule has 0 aliphatic carbocycles. The van der Waals surface area contributed by atoms with Crippen LogP contribution in [0.25, 0.3) is 10.2 Å². The second-order valence-electron chi connectivity index (χ2n) is 7.64. The summed E-state index contributed by atoms with van der Waals surface area (Å²) < 4.78 is 12.8. The number of benzene rings is 2. The molecule has 3 aromatic rings. The zero-order chi connectivity index (χ0) is 21.8. The summed E-state index contributed by atoms with van der Waals surface area (Å²) in [5.74, 6) is 0.497. The second-order valence-corrected chi connectivity index (χ2v) is 8.71. The molecule has 1 unspecified atom stereocenters. The third-order valence-corrected chi connectivity index (χ3v) is 6.76. The van der Waals surface area contributed by atoms with Gasteiger partial charge in [-0.1, -0.05) is 18.2 Å². The number of thiazole rings is 1. The van der Waals surface area contributed by atoms with Crippen molar-refractivity contribution in [3.05, 3.63) is 53.0 Å². The van der Waals surface area contributed by atoms with E-state index in [2.05, 4.69) is 23.1 Å². The van der Waals surface area contributed by atoms with Crippen molar-refractivity contribution < 1.29 is 19.4 Å². The van der Waals surface area contributed by atoms with E-state index in [0.717, 1.165) is 45.4 Å². The molecule has 1 N–H and O–H groups in total. The molecular weight excluding hydrogens is 412 g/mol. The Morgan fingerprint density at radius 2 is 1.84 bits per heavy atom. The summed E-state index contributed by atoms with van der Waals surface area (Å²) in [6.07, 6.45) is 1.29. The summed E-state index contributed by atoms with van der Waals surface area (Å²) in [4.78, 5) is 18.7. The molecule has 2 aromatic carbocycles. The van der Waals surface area contributed by atoms with E-state index < -0.39 is 5.97 Å². The van der Waals surface area contributed by atoms with Gasteiger partial charge in [0.2, 0.25) is 0 Å². The van der Waals surface area contributed by atoms with E-state index in [4.69, 9.17) is 14.5 Å². The van der Waals surface area contributed by atoms with Gasteiger partial charge < -0.3 is 14.6 Å². The lowest BCUT2D eigenvalue weighted by molar-refractivity contribution is -0.143. The molecule has 7 heteroatoms. The predicted octanol–water partition coefficient (Wildman–Crippen LogP) is 4.98. The maximum Gasteiger partial charge on any atom is 0.306 e. The Balaban J connectivity index is 1.73. The molecule has 0 amide bonds. The minimum Gasteiger partial charge on any atom is -0.490 e. The smallest absolute Gasteiger partial charge is 0.306 e. The van der Waals surface area contributed by atoms with E-state index >= 15 is 0 Å². The minimum absolute atomic E-state index is 0.0537. The topological polar surface area (TPSA) is 71.9 Å². The summed E-state index contributed by atoms with van der Waals surface area (Å²) in [6, 6.07) is 14.2. The van der Waals surface area contributed by atoms with E-state index in [1.807, 2.05) is 38.1 Å². The molecule has 0 saturated carbocycles. The first-order valence-electron chi connectivity index (χ1n) is 10.8. The number of likely N-dealkylation sites (tertiary alicyclic amines) is 1. The molecule has 164 valence electrons. The normalized spacial score (nSPS) is 16.3. The maximum absolute atomic E-state index is 11.4. The lowest BCUT2D eigenvalue weighted by Crippen LogP contribution is -2.39. The Kier molecular flexibility index (Phi) is 6.73. The molecule has 1 aliphatic heterocycles. The fraction of sp³-hybridized carbons (Fsp3) is 0.417. The standard InChI is InChI=1S/C24H28N2O4S/c1-3-29-19-10-9-17(15-20(19)30-4-2)22(26-13-11-16(12-14-26)24(27)28)23-25-18-7-5-6-8-21(18)31-23/h5-10,15-16,22H,3-4,11-14H2,1-2H3,(H,27,28). The van der Waals surface area contributed by atoms with Crippen molar-refractivity contribution >= 4 is 27.5 Å². The Morgan fingerprint density at radius 3 is 2.52 bits per heavy atom. The third-order valence-electron chi connectivity index (χ3n) is 5.67. The zero-order valence-corrected chi connectivity index (χ0v) is 18.7. The Bertz CT molecular complexity index is 1010. The zero-order valence-electron chi connectivity index (χ0n) is 17.9. The van der Waals surface area contributed by atoms with Crippen molar-refractivity contribution in [2.24, 2.45) is 5.92 Å². The number of aliphatic carboxylic acids is 1. The van der Waals surface area contributed by atoms with Crippen LogP contribution in [0.4, 0.5) is 0 Å². The number of rotatable bonds is 8. The van der Waals surface area contributed by atoms with Gasteiger partial charge in [-0.25, -0.2) is 4.98 Å². The molecule has 1 fully saturated rings. The van der Waals surface area contributed by atoms with E-state index in [9.17, 15) is 9.90 Å². The van der Waals surface area contributed by atoms with Crippen LogP contribution in [0.3, 0.4) is 0 Å². The van der Waals surface area contributed by atoms with Gasteiger partial charge in [-0.2, -0.15) is 0 Å². The number of hydrogen-bond donors (Lipinski definition) is 1. The van der Waals surface area contributed by atoms with Crippen molar-refractivity contribution in [1.82, 2.24) is 9.88 Å². The van der Waals surface area contributed by atoms with Gasteiger partial charge in [-0.3, -0.25) is 9.69 Å². The number of ether oxygens (including phenoxy) is 2. The van der Waals surface area contributed by atoms with Gasteiger partial charge in [0.05, 0.1) is 35.4 Å². The first-order valence-corrected chi connectivity index (χ1v) is 11.6. The molecule has 0 bridgehead atoms. The van der Waals surface area contributed by atoms with Crippen LogP contribution in [-0.4, -0.2) is 47.3 Å². The van der Waals surface area contributed by atoms with Crippen molar-refractivity contribution in [2.45, 2.75) is 32.7 Å². The van der Waals surface area contributed by atoms with Crippen LogP contribution in [0.2, 0.25) is 0 Å². The number of para-hydroxylation sites is 1. The van der Waals surface area contributed by atoms with Crippen molar-refractivity contribution in [3.8, 4) is 11.5 Å². The average Bonchev–Trinajstić information content (AvgIpc) is 3.20. The first kappa shape index (κ1) is 21.6. The van der Waals surface area contributed by atoms with Crippen LogP contribution in [0.5, 0.6) is 11.5 Å². The summed E-state index contributed by atoms with van der Waals surface area (Å²) in [5.41, 5.74) is 2.07. The molecule has 0 spiro atoms. The van der Waals surface area contributed by atoms with Gasteiger partial charge in [-0.15, -0.1) is 11.3 Å². The van der Waals surface area contributed by atoms with Crippen LogP contribution >= 0.6 is 11.3 Å². The molecule has 2 heterocycles. The highest BCUT2D eigenvalue weighted by atomic mass is 32.1.